The molecule has 0 fully saturated rings. The van der Waals surface area contributed by atoms with Gasteiger partial charge in [0.15, 0.2) is 0 Å². The number of rotatable bonds is 7. The van der Waals surface area contributed by atoms with Gasteiger partial charge in [-0.3, -0.25) is 4.79 Å². The van der Waals surface area contributed by atoms with Gasteiger partial charge in [-0.25, -0.2) is 8.78 Å². The zero-order valence-electron chi connectivity index (χ0n) is 12.6. The van der Waals surface area contributed by atoms with Gasteiger partial charge in [-0.2, -0.15) is 0 Å². The molecular formula is C17H17F2NO3. The van der Waals surface area contributed by atoms with E-state index < -0.39 is 11.6 Å². The fourth-order valence-corrected chi connectivity index (χ4v) is 1.94. The summed E-state index contributed by atoms with van der Waals surface area (Å²) < 4.78 is 36.5. The van der Waals surface area contributed by atoms with Crippen LogP contribution < -0.4 is 14.8 Å². The Morgan fingerprint density at radius 3 is 2.26 bits per heavy atom. The number of halogens is 2. The lowest BCUT2D eigenvalue weighted by Gasteiger charge is -2.08. The molecule has 1 N–H and O–H groups in total. The first-order valence-electron chi connectivity index (χ1n) is 7.09. The molecule has 122 valence electrons. The summed E-state index contributed by atoms with van der Waals surface area (Å²) in [6.45, 7) is 0.358. The molecule has 0 radical (unpaired) electrons. The van der Waals surface area contributed by atoms with Crippen molar-refractivity contribution in [3.8, 4) is 11.5 Å². The van der Waals surface area contributed by atoms with E-state index in [0.29, 0.717) is 18.8 Å². The number of ether oxygens (including phenoxy) is 2. The second-order valence-corrected chi connectivity index (χ2v) is 4.83. The van der Waals surface area contributed by atoms with Crippen LogP contribution in [0.1, 0.15) is 12.8 Å². The Labute approximate surface area is 133 Å². The van der Waals surface area contributed by atoms with E-state index in [-0.39, 0.29) is 18.0 Å². The van der Waals surface area contributed by atoms with Gasteiger partial charge < -0.3 is 14.8 Å². The molecule has 4 nitrogen and oxygen atoms in total. The number of nitrogens with one attached hydrogen (secondary N) is 1. The Hall–Kier alpha value is -2.63. The number of carbonyl (C=O) groups excluding carboxylic acids is 1. The lowest BCUT2D eigenvalue weighted by molar-refractivity contribution is -0.116. The highest BCUT2D eigenvalue weighted by Crippen LogP contribution is 2.17. The molecule has 0 spiro atoms. The maximum atomic E-state index is 13.0. The molecule has 0 bridgehead atoms. The minimum atomic E-state index is -0.733. The minimum absolute atomic E-state index is 0.101. The van der Waals surface area contributed by atoms with Gasteiger partial charge in [-0.15, -0.1) is 0 Å². The summed E-state index contributed by atoms with van der Waals surface area (Å²) >= 11 is 0. The minimum Gasteiger partial charge on any atom is -0.497 e. The van der Waals surface area contributed by atoms with Gasteiger partial charge in [0.25, 0.3) is 0 Å². The smallest absolute Gasteiger partial charge is 0.224 e. The molecule has 0 aliphatic heterocycles. The lowest BCUT2D eigenvalue weighted by atomic mass is 10.2. The molecule has 0 aliphatic carbocycles. The number of anilines is 1. The molecule has 2 aromatic carbocycles. The fraction of sp³-hybridized carbons (Fsp3) is 0.235. The third-order valence-corrected chi connectivity index (χ3v) is 3.02. The van der Waals surface area contributed by atoms with Crippen LogP contribution in [0.25, 0.3) is 0 Å². The molecule has 1 amide bonds. The maximum absolute atomic E-state index is 13.0. The van der Waals surface area contributed by atoms with Gasteiger partial charge >= 0.3 is 0 Å². The summed E-state index contributed by atoms with van der Waals surface area (Å²) in [7, 11) is 1.58. The van der Waals surface area contributed by atoms with E-state index in [1.807, 2.05) is 0 Å². The number of amides is 1. The average Bonchev–Trinajstić information content (AvgIpc) is 2.51. The Bertz CT molecular complexity index is 639. The number of methoxy groups -OCH3 is 1. The summed E-state index contributed by atoms with van der Waals surface area (Å²) in [5, 5.41) is 2.45. The van der Waals surface area contributed by atoms with Gasteiger partial charge in [0, 0.05) is 18.2 Å². The van der Waals surface area contributed by atoms with Crippen molar-refractivity contribution in [2.75, 3.05) is 19.0 Å². The summed E-state index contributed by atoms with van der Waals surface area (Å²) in [5.41, 5.74) is 0.101. The van der Waals surface area contributed by atoms with Crippen LogP contribution in [0.4, 0.5) is 14.5 Å². The fourth-order valence-electron chi connectivity index (χ4n) is 1.94. The monoisotopic (exact) mass is 321 g/mol. The van der Waals surface area contributed by atoms with Crippen molar-refractivity contribution in [2.24, 2.45) is 0 Å². The lowest BCUT2D eigenvalue weighted by Crippen LogP contribution is -2.13. The third-order valence-electron chi connectivity index (χ3n) is 3.02. The van der Waals surface area contributed by atoms with Crippen LogP contribution in [0.3, 0.4) is 0 Å². The van der Waals surface area contributed by atoms with Crippen LogP contribution >= 0.6 is 0 Å². The van der Waals surface area contributed by atoms with Crippen LogP contribution in [-0.4, -0.2) is 19.6 Å². The molecule has 0 atom stereocenters. The number of carbonyl (C=O) groups is 1. The van der Waals surface area contributed by atoms with E-state index in [1.165, 1.54) is 0 Å². The van der Waals surface area contributed by atoms with E-state index in [9.17, 15) is 13.6 Å². The van der Waals surface area contributed by atoms with Crippen LogP contribution in [0.15, 0.2) is 42.5 Å². The summed E-state index contributed by atoms with van der Waals surface area (Å²) in [4.78, 5) is 11.7. The molecule has 2 rings (SSSR count). The van der Waals surface area contributed by atoms with Crippen LogP contribution in [-0.2, 0) is 4.79 Å². The van der Waals surface area contributed by atoms with Crippen LogP contribution in [0.2, 0.25) is 0 Å². The van der Waals surface area contributed by atoms with E-state index in [1.54, 1.807) is 31.4 Å². The van der Waals surface area contributed by atoms with Crippen molar-refractivity contribution in [3.05, 3.63) is 54.1 Å². The predicted molar refractivity (Wildman–Crippen MR) is 82.7 cm³/mol. The SMILES string of the molecule is COc1ccc(OCCCC(=O)Nc2cc(F)cc(F)c2)cc1. The third kappa shape index (κ3) is 5.58. The summed E-state index contributed by atoms with van der Waals surface area (Å²) in [6, 6.07) is 9.98. The summed E-state index contributed by atoms with van der Waals surface area (Å²) in [6.07, 6.45) is 0.671. The molecule has 0 heterocycles. The standard InChI is InChI=1S/C17H17F2NO3/c1-22-15-4-6-16(7-5-15)23-8-2-3-17(21)20-14-10-12(18)9-13(19)11-14/h4-7,9-11H,2-3,8H2,1H3,(H,20,21). The Morgan fingerprint density at radius 1 is 1.04 bits per heavy atom. The highest BCUT2D eigenvalue weighted by atomic mass is 19.1. The molecule has 23 heavy (non-hydrogen) atoms. The van der Waals surface area contributed by atoms with E-state index >= 15 is 0 Å². The normalized spacial score (nSPS) is 10.2. The van der Waals surface area contributed by atoms with Gasteiger partial charge in [-0.05, 0) is 42.8 Å². The predicted octanol–water partition coefficient (Wildman–Crippen LogP) is 3.77. The second kappa shape index (κ2) is 8.12. The average molecular weight is 321 g/mol. The van der Waals surface area contributed by atoms with Gasteiger partial charge in [0.05, 0.1) is 13.7 Å². The van der Waals surface area contributed by atoms with Crippen molar-refractivity contribution in [2.45, 2.75) is 12.8 Å². The molecule has 0 saturated heterocycles. The first kappa shape index (κ1) is 16.7. The second-order valence-electron chi connectivity index (χ2n) is 4.83. The highest BCUT2D eigenvalue weighted by Gasteiger charge is 2.06. The molecular weight excluding hydrogens is 304 g/mol. The highest BCUT2D eigenvalue weighted by molar-refractivity contribution is 5.90. The molecule has 0 aliphatic rings. The number of benzene rings is 2. The molecule has 0 saturated carbocycles. The molecule has 0 unspecified atom stereocenters. The molecule has 0 aromatic heterocycles. The van der Waals surface area contributed by atoms with Gasteiger partial charge in [0.2, 0.25) is 5.91 Å². The summed E-state index contributed by atoms with van der Waals surface area (Å²) in [5.74, 6) is -0.378. The zero-order chi connectivity index (χ0) is 16.7. The van der Waals surface area contributed by atoms with Crippen molar-refractivity contribution >= 4 is 11.6 Å². The van der Waals surface area contributed by atoms with Crippen LogP contribution in [0.5, 0.6) is 11.5 Å². The topological polar surface area (TPSA) is 47.6 Å². The van der Waals surface area contributed by atoms with Crippen molar-refractivity contribution in [3.63, 3.8) is 0 Å². The first-order valence-corrected chi connectivity index (χ1v) is 7.09. The Balaban J connectivity index is 1.71. The van der Waals surface area contributed by atoms with Gasteiger partial charge in [0.1, 0.15) is 23.1 Å². The van der Waals surface area contributed by atoms with Gasteiger partial charge in [-0.1, -0.05) is 0 Å². The van der Waals surface area contributed by atoms with Crippen LogP contribution in [0, 0.1) is 11.6 Å². The molecule has 6 heteroatoms. The zero-order valence-corrected chi connectivity index (χ0v) is 12.6. The largest absolute Gasteiger partial charge is 0.497 e. The van der Waals surface area contributed by atoms with E-state index in [4.69, 9.17) is 9.47 Å². The maximum Gasteiger partial charge on any atom is 0.224 e. The quantitative estimate of drug-likeness (QED) is 0.790. The number of hydrogen-bond donors (Lipinski definition) is 1. The van der Waals surface area contributed by atoms with Crippen molar-refractivity contribution < 1.29 is 23.0 Å². The molecule has 2 aromatic rings. The number of hydrogen-bond acceptors (Lipinski definition) is 3. The Morgan fingerprint density at radius 2 is 1.65 bits per heavy atom. The first-order chi connectivity index (χ1) is 11.1. The van der Waals surface area contributed by atoms with E-state index in [0.717, 1.165) is 23.9 Å². The Kier molecular flexibility index (Phi) is 5.91. The van der Waals surface area contributed by atoms with E-state index in [2.05, 4.69) is 5.32 Å². The van der Waals surface area contributed by atoms with Crippen molar-refractivity contribution in [1.29, 1.82) is 0 Å². The van der Waals surface area contributed by atoms with Crippen molar-refractivity contribution in [1.82, 2.24) is 0 Å².